The zero-order valence-electron chi connectivity index (χ0n) is 21.6. The largest absolute Gasteiger partial charge is 0.507 e. The van der Waals surface area contributed by atoms with Crippen molar-refractivity contribution in [3.63, 3.8) is 0 Å². The quantitative estimate of drug-likeness (QED) is 0.0961. The average Bonchev–Trinajstić information content (AvgIpc) is 3.63. The first-order valence-corrected chi connectivity index (χ1v) is 14.5. The van der Waals surface area contributed by atoms with Crippen molar-refractivity contribution in [1.82, 2.24) is 10.2 Å². The predicted octanol–water partition coefficient (Wildman–Crippen LogP) is 6.23. The number of anilines is 1. The highest BCUT2D eigenvalue weighted by Crippen LogP contribution is 2.45. The van der Waals surface area contributed by atoms with E-state index in [-0.39, 0.29) is 28.1 Å². The summed E-state index contributed by atoms with van der Waals surface area (Å²) in [5, 5.41) is 20.0. The van der Waals surface area contributed by atoms with Gasteiger partial charge >= 0.3 is 5.91 Å². The maximum Gasteiger partial charge on any atom is 0.301 e. The van der Waals surface area contributed by atoms with Crippen molar-refractivity contribution in [2.75, 3.05) is 4.90 Å². The number of halogens is 1. The van der Waals surface area contributed by atoms with Gasteiger partial charge in [-0.25, -0.2) is 4.39 Å². The first kappa shape index (κ1) is 26.2. The number of aromatic nitrogens is 2. The van der Waals surface area contributed by atoms with Gasteiger partial charge in [-0.15, -0.1) is 10.2 Å². The monoisotopic (exact) mass is 573 g/mol. The molecule has 3 aromatic carbocycles. The molecule has 2 atom stereocenters. The highest BCUT2D eigenvalue weighted by molar-refractivity contribution is 8.00. The van der Waals surface area contributed by atoms with Crippen LogP contribution >= 0.6 is 23.1 Å². The minimum absolute atomic E-state index is 0.00753. The van der Waals surface area contributed by atoms with Crippen molar-refractivity contribution in [2.45, 2.75) is 42.5 Å². The Bertz CT molecular complexity index is 1670. The van der Waals surface area contributed by atoms with Crippen molar-refractivity contribution in [3.8, 4) is 5.75 Å². The lowest BCUT2D eigenvalue weighted by atomic mass is 9.94. The Morgan fingerprint density at radius 2 is 1.90 bits per heavy atom. The molecule has 6 rings (SSSR count). The molecule has 0 unspecified atom stereocenters. The second-order valence-corrected chi connectivity index (χ2v) is 11.9. The van der Waals surface area contributed by atoms with Crippen LogP contribution in [-0.4, -0.2) is 33.1 Å². The van der Waals surface area contributed by atoms with E-state index in [4.69, 9.17) is 4.74 Å². The lowest BCUT2D eigenvalue weighted by Crippen LogP contribution is -2.29. The number of rotatable bonds is 6. The fraction of sp³-hybridized carbons (Fsp3) is 0.200. The number of aliphatic hydroxyl groups excluding tert-OH is 1. The van der Waals surface area contributed by atoms with Crippen LogP contribution in [0.3, 0.4) is 0 Å². The fourth-order valence-electron chi connectivity index (χ4n) is 4.93. The number of carbonyl (C=O) groups excluding carboxylic acids is 2. The van der Waals surface area contributed by atoms with Crippen LogP contribution in [-0.2, 0) is 21.8 Å². The van der Waals surface area contributed by atoms with E-state index in [9.17, 15) is 14.7 Å². The third kappa shape index (κ3) is 4.77. The summed E-state index contributed by atoms with van der Waals surface area (Å²) in [4.78, 5) is 28.0. The van der Waals surface area contributed by atoms with Crippen LogP contribution in [0.25, 0.3) is 5.76 Å². The number of thioether (sulfide) groups is 1. The molecule has 7 nitrogen and oxygen atoms in total. The Hall–Kier alpha value is -4.02. The highest BCUT2D eigenvalue weighted by atomic mass is 32.2. The van der Waals surface area contributed by atoms with Gasteiger partial charge < -0.3 is 9.84 Å². The van der Waals surface area contributed by atoms with E-state index in [1.807, 2.05) is 38.1 Å². The molecule has 40 heavy (non-hydrogen) atoms. The molecule has 10 heteroatoms. The van der Waals surface area contributed by atoms with Gasteiger partial charge in [0.05, 0.1) is 5.57 Å². The molecule has 3 heterocycles. The Labute approximate surface area is 238 Å². The SMILES string of the molecule is Cc1ccc(CSc2nnc(N3C(=O)C(=O)/C(=C(/O)c4ccc5c(c4)C[C@@H](C)O5)[C@H]3c3ccccc3F)s2)cc1. The molecule has 202 valence electrons. The Balaban J connectivity index is 1.39. The molecule has 1 saturated heterocycles. The second kappa shape index (κ2) is 10.5. The number of hydrogen-bond acceptors (Lipinski definition) is 8. The second-order valence-electron chi connectivity index (χ2n) is 9.77. The van der Waals surface area contributed by atoms with Crippen LogP contribution in [0.1, 0.15) is 40.8 Å². The number of amides is 1. The van der Waals surface area contributed by atoms with Crippen LogP contribution in [0.4, 0.5) is 9.52 Å². The maximum absolute atomic E-state index is 15.2. The zero-order chi connectivity index (χ0) is 28.0. The number of hydrogen-bond donors (Lipinski definition) is 1. The van der Waals surface area contributed by atoms with Gasteiger partial charge in [-0.3, -0.25) is 14.5 Å². The van der Waals surface area contributed by atoms with E-state index in [0.29, 0.717) is 27.8 Å². The third-order valence-corrected chi connectivity index (χ3v) is 9.03. The van der Waals surface area contributed by atoms with Crippen molar-refractivity contribution in [3.05, 3.63) is 106 Å². The van der Waals surface area contributed by atoms with Crippen molar-refractivity contribution < 1.29 is 23.8 Å². The van der Waals surface area contributed by atoms with Gasteiger partial charge in [-0.1, -0.05) is 71.1 Å². The minimum Gasteiger partial charge on any atom is -0.507 e. The molecule has 0 radical (unpaired) electrons. The molecule has 0 bridgehead atoms. The first-order chi connectivity index (χ1) is 19.3. The molecular weight excluding hydrogens is 549 g/mol. The van der Waals surface area contributed by atoms with Gasteiger partial charge in [0.15, 0.2) is 4.34 Å². The molecule has 0 saturated carbocycles. The summed E-state index contributed by atoms with van der Waals surface area (Å²) >= 11 is 2.59. The van der Waals surface area contributed by atoms with Gasteiger partial charge in [0, 0.05) is 23.3 Å². The summed E-state index contributed by atoms with van der Waals surface area (Å²) in [6, 6.07) is 17.9. The number of aliphatic hydroxyl groups is 1. The molecule has 1 amide bonds. The number of benzene rings is 3. The number of ketones is 1. The Kier molecular flexibility index (Phi) is 6.89. The van der Waals surface area contributed by atoms with E-state index in [1.54, 1.807) is 24.3 Å². The van der Waals surface area contributed by atoms with Crippen molar-refractivity contribution in [1.29, 1.82) is 0 Å². The normalized spacial score (nSPS) is 19.6. The standard InChI is InChI=1S/C30H24FN3O4S2/c1-16-7-9-18(10-8-16)15-39-30-33-32-29(40-30)34-25(21-5-3-4-6-22(21)31)24(27(36)28(34)37)26(35)19-11-12-23-20(14-19)13-17(2)38-23/h3-12,14,17,25,35H,13,15H2,1-2H3/b26-24+/t17-,25-/m1/s1. The Morgan fingerprint density at radius 1 is 1.12 bits per heavy atom. The van der Waals surface area contributed by atoms with Crippen LogP contribution in [0.5, 0.6) is 5.75 Å². The fourth-order valence-corrected chi connectivity index (χ4v) is 6.76. The van der Waals surface area contributed by atoms with Crippen molar-refractivity contribution in [2.24, 2.45) is 0 Å². The summed E-state index contributed by atoms with van der Waals surface area (Å²) in [5.41, 5.74) is 3.37. The molecule has 0 spiro atoms. The molecule has 2 aliphatic heterocycles. The summed E-state index contributed by atoms with van der Waals surface area (Å²) in [7, 11) is 0. The topological polar surface area (TPSA) is 92.6 Å². The number of aryl methyl sites for hydroxylation is 1. The van der Waals surface area contributed by atoms with Crippen LogP contribution in [0.2, 0.25) is 0 Å². The molecular formula is C30H24FN3O4S2. The number of fused-ring (bicyclic) bond motifs is 1. The first-order valence-electron chi connectivity index (χ1n) is 12.7. The Morgan fingerprint density at radius 3 is 2.67 bits per heavy atom. The zero-order valence-corrected chi connectivity index (χ0v) is 23.3. The summed E-state index contributed by atoms with van der Waals surface area (Å²) < 4.78 is 21.5. The van der Waals surface area contributed by atoms with Gasteiger partial charge in [0.1, 0.15) is 29.5 Å². The van der Waals surface area contributed by atoms with E-state index in [1.165, 1.54) is 35.5 Å². The van der Waals surface area contributed by atoms with Crippen LogP contribution in [0, 0.1) is 12.7 Å². The van der Waals surface area contributed by atoms with Crippen LogP contribution < -0.4 is 9.64 Å². The summed E-state index contributed by atoms with van der Waals surface area (Å²) in [6.45, 7) is 3.96. The van der Waals surface area contributed by atoms with Gasteiger partial charge in [-0.2, -0.15) is 0 Å². The van der Waals surface area contributed by atoms with Crippen molar-refractivity contribution >= 4 is 45.7 Å². The smallest absolute Gasteiger partial charge is 0.301 e. The number of ether oxygens (including phenoxy) is 1. The molecule has 1 fully saturated rings. The molecule has 0 aliphatic carbocycles. The van der Waals surface area contributed by atoms with Gasteiger partial charge in [0.2, 0.25) is 5.13 Å². The van der Waals surface area contributed by atoms with E-state index >= 15 is 4.39 Å². The minimum atomic E-state index is -1.22. The lowest BCUT2D eigenvalue weighted by Gasteiger charge is -2.22. The van der Waals surface area contributed by atoms with Gasteiger partial charge in [-0.05, 0) is 49.2 Å². The van der Waals surface area contributed by atoms with E-state index < -0.39 is 23.5 Å². The predicted molar refractivity (Wildman–Crippen MR) is 152 cm³/mol. The molecule has 1 aromatic heterocycles. The number of nitrogens with zero attached hydrogens (tertiary/aromatic N) is 3. The van der Waals surface area contributed by atoms with E-state index in [0.717, 1.165) is 27.4 Å². The lowest BCUT2D eigenvalue weighted by molar-refractivity contribution is -0.132. The summed E-state index contributed by atoms with van der Waals surface area (Å²) in [6.07, 6.45) is 0.641. The molecule has 2 aliphatic rings. The summed E-state index contributed by atoms with van der Waals surface area (Å²) in [5.74, 6) is -1.46. The van der Waals surface area contributed by atoms with E-state index in [2.05, 4.69) is 10.2 Å². The average molecular weight is 574 g/mol. The number of carbonyl (C=O) groups is 2. The van der Waals surface area contributed by atoms with Gasteiger partial charge in [0.25, 0.3) is 5.78 Å². The maximum atomic E-state index is 15.2. The number of Topliss-reactive ketones (excluding diaryl/α,β-unsaturated/α-hetero) is 1. The van der Waals surface area contributed by atoms with Crippen LogP contribution in [0.15, 0.2) is 76.6 Å². The molecule has 1 N–H and O–H groups in total. The molecule has 4 aromatic rings. The third-order valence-electron chi connectivity index (χ3n) is 6.90. The highest BCUT2D eigenvalue weighted by Gasteiger charge is 2.49.